The van der Waals surface area contributed by atoms with Crippen LogP contribution >= 0.6 is 0 Å². The lowest BCUT2D eigenvalue weighted by Crippen LogP contribution is -2.17. The Balaban J connectivity index is 2.27. The molecule has 0 aliphatic carbocycles. The number of carbonyl (C=O) groups excluding carboxylic acids is 1. The highest BCUT2D eigenvalue weighted by Gasteiger charge is 2.05. The molecule has 0 saturated carbocycles. The van der Waals surface area contributed by atoms with Crippen LogP contribution in [-0.2, 0) is 25.5 Å². The standard InChI is InChI=1S/C14H18O6/c1-2-18-7-8-19-14(17)10-20-12-5-3-11(4-6-12)9-13(15)16/h3-6H,2,7-10H2,1H3,(H,15,16). The zero-order valence-electron chi connectivity index (χ0n) is 11.3. The van der Waals surface area contributed by atoms with E-state index in [0.29, 0.717) is 24.5 Å². The molecule has 0 heterocycles. The van der Waals surface area contributed by atoms with Crippen LogP contribution < -0.4 is 4.74 Å². The normalized spacial score (nSPS) is 10.1. The van der Waals surface area contributed by atoms with Crippen molar-refractivity contribution in [3.8, 4) is 5.75 Å². The molecule has 1 aromatic carbocycles. The molecule has 0 atom stereocenters. The Hall–Kier alpha value is -2.08. The van der Waals surface area contributed by atoms with Crippen molar-refractivity contribution in [2.75, 3.05) is 26.4 Å². The molecule has 110 valence electrons. The number of carboxylic acids is 1. The third kappa shape index (κ3) is 6.75. The fourth-order valence-electron chi connectivity index (χ4n) is 1.42. The Bertz CT molecular complexity index is 426. The van der Waals surface area contributed by atoms with Crippen molar-refractivity contribution in [3.05, 3.63) is 29.8 Å². The van der Waals surface area contributed by atoms with E-state index in [1.807, 2.05) is 6.92 Å². The van der Waals surface area contributed by atoms with Gasteiger partial charge in [-0.3, -0.25) is 4.79 Å². The summed E-state index contributed by atoms with van der Waals surface area (Å²) >= 11 is 0. The second-order valence-electron chi connectivity index (χ2n) is 3.92. The van der Waals surface area contributed by atoms with Gasteiger partial charge in [0.05, 0.1) is 13.0 Å². The van der Waals surface area contributed by atoms with E-state index in [4.69, 9.17) is 19.3 Å². The number of esters is 1. The lowest BCUT2D eigenvalue weighted by Gasteiger charge is -2.07. The molecule has 6 nitrogen and oxygen atoms in total. The second-order valence-corrected chi connectivity index (χ2v) is 3.92. The molecule has 0 aliphatic heterocycles. The lowest BCUT2D eigenvalue weighted by atomic mass is 10.1. The topological polar surface area (TPSA) is 82.1 Å². The van der Waals surface area contributed by atoms with E-state index in [0.717, 1.165) is 0 Å². The molecule has 0 radical (unpaired) electrons. The van der Waals surface area contributed by atoms with E-state index in [9.17, 15) is 9.59 Å². The summed E-state index contributed by atoms with van der Waals surface area (Å²) < 4.78 is 15.1. The van der Waals surface area contributed by atoms with Gasteiger partial charge in [0.1, 0.15) is 12.4 Å². The third-order valence-electron chi connectivity index (χ3n) is 2.33. The molecule has 0 spiro atoms. The largest absolute Gasteiger partial charge is 0.482 e. The van der Waals surface area contributed by atoms with Gasteiger partial charge in [-0.2, -0.15) is 0 Å². The molecule has 20 heavy (non-hydrogen) atoms. The predicted molar refractivity (Wildman–Crippen MR) is 70.7 cm³/mol. The van der Waals surface area contributed by atoms with Gasteiger partial charge in [0.2, 0.25) is 0 Å². The van der Waals surface area contributed by atoms with Crippen molar-refractivity contribution >= 4 is 11.9 Å². The van der Waals surface area contributed by atoms with Gasteiger partial charge in [0, 0.05) is 6.61 Å². The number of carbonyl (C=O) groups is 2. The van der Waals surface area contributed by atoms with Gasteiger partial charge >= 0.3 is 11.9 Å². The molecule has 1 rings (SSSR count). The first-order valence-electron chi connectivity index (χ1n) is 6.28. The average molecular weight is 282 g/mol. The summed E-state index contributed by atoms with van der Waals surface area (Å²) in [6.07, 6.45) is -0.0419. The quantitative estimate of drug-likeness (QED) is 0.542. The monoisotopic (exact) mass is 282 g/mol. The van der Waals surface area contributed by atoms with Crippen molar-refractivity contribution in [2.45, 2.75) is 13.3 Å². The first-order valence-corrected chi connectivity index (χ1v) is 6.28. The Morgan fingerprint density at radius 2 is 1.85 bits per heavy atom. The minimum atomic E-state index is -0.892. The van der Waals surface area contributed by atoms with Crippen LogP contribution in [0, 0.1) is 0 Å². The van der Waals surface area contributed by atoms with Gasteiger partial charge < -0.3 is 19.3 Å². The molecule has 1 N–H and O–H groups in total. The number of ether oxygens (including phenoxy) is 3. The average Bonchev–Trinajstić information content (AvgIpc) is 2.42. The van der Waals surface area contributed by atoms with Crippen molar-refractivity contribution in [3.63, 3.8) is 0 Å². The molecule has 0 fully saturated rings. The summed E-state index contributed by atoms with van der Waals surface area (Å²) in [5.74, 6) is -0.878. The molecular formula is C14H18O6. The van der Waals surface area contributed by atoms with Crippen LogP contribution in [0.15, 0.2) is 24.3 Å². The minimum absolute atomic E-state index is 0.0419. The molecule has 6 heteroatoms. The summed E-state index contributed by atoms with van der Waals surface area (Å²) in [5, 5.41) is 8.63. The molecular weight excluding hydrogens is 264 g/mol. The maximum absolute atomic E-state index is 11.3. The van der Waals surface area contributed by atoms with Crippen LogP contribution in [0.1, 0.15) is 12.5 Å². The number of carboxylic acid groups (broad SMARTS) is 1. The van der Waals surface area contributed by atoms with Gasteiger partial charge in [-0.15, -0.1) is 0 Å². The molecule has 0 amide bonds. The molecule has 0 unspecified atom stereocenters. The lowest BCUT2D eigenvalue weighted by molar-refractivity contribution is -0.147. The van der Waals surface area contributed by atoms with Gasteiger partial charge in [-0.25, -0.2) is 4.79 Å². The molecule has 0 bridgehead atoms. The van der Waals surface area contributed by atoms with Crippen molar-refractivity contribution in [2.24, 2.45) is 0 Å². The van der Waals surface area contributed by atoms with E-state index in [1.54, 1.807) is 24.3 Å². The van der Waals surface area contributed by atoms with Gasteiger partial charge in [0.15, 0.2) is 6.61 Å². The Morgan fingerprint density at radius 1 is 1.15 bits per heavy atom. The van der Waals surface area contributed by atoms with E-state index in [2.05, 4.69) is 0 Å². The third-order valence-corrected chi connectivity index (χ3v) is 2.33. The minimum Gasteiger partial charge on any atom is -0.482 e. The highest BCUT2D eigenvalue weighted by molar-refractivity contribution is 5.71. The number of hydrogen-bond acceptors (Lipinski definition) is 5. The van der Waals surface area contributed by atoms with Crippen LogP contribution in [0.4, 0.5) is 0 Å². The summed E-state index contributed by atoms with van der Waals surface area (Å²) in [4.78, 5) is 21.8. The number of hydrogen-bond donors (Lipinski definition) is 1. The van der Waals surface area contributed by atoms with Gasteiger partial charge in [-0.1, -0.05) is 12.1 Å². The van der Waals surface area contributed by atoms with Crippen LogP contribution in [0.25, 0.3) is 0 Å². The van der Waals surface area contributed by atoms with Crippen molar-refractivity contribution in [1.82, 2.24) is 0 Å². The maximum atomic E-state index is 11.3. The maximum Gasteiger partial charge on any atom is 0.344 e. The Labute approximate surface area is 117 Å². The highest BCUT2D eigenvalue weighted by Crippen LogP contribution is 2.12. The summed E-state index contributed by atoms with van der Waals surface area (Å²) in [6, 6.07) is 6.52. The molecule has 0 aliphatic rings. The first kappa shape index (κ1) is 16.0. The van der Waals surface area contributed by atoms with Crippen LogP contribution in [0.2, 0.25) is 0 Å². The summed E-state index contributed by atoms with van der Waals surface area (Å²) in [6.45, 7) is 2.82. The smallest absolute Gasteiger partial charge is 0.344 e. The van der Waals surface area contributed by atoms with E-state index in [1.165, 1.54) is 0 Å². The molecule has 0 aromatic heterocycles. The zero-order valence-corrected chi connectivity index (χ0v) is 11.3. The van der Waals surface area contributed by atoms with Gasteiger partial charge in [-0.05, 0) is 24.6 Å². The number of benzene rings is 1. The SMILES string of the molecule is CCOCCOC(=O)COc1ccc(CC(=O)O)cc1. The summed E-state index contributed by atoms with van der Waals surface area (Å²) in [5.41, 5.74) is 0.671. The van der Waals surface area contributed by atoms with Crippen molar-refractivity contribution in [1.29, 1.82) is 0 Å². The number of rotatable bonds is 9. The highest BCUT2D eigenvalue weighted by atomic mass is 16.6. The Morgan fingerprint density at radius 3 is 2.45 bits per heavy atom. The molecule has 0 saturated heterocycles. The number of aliphatic carboxylic acids is 1. The van der Waals surface area contributed by atoms with Crippen LogP contribution in [0.5, 0.6) is 5.75 Å². The van der Waals surface area contributed by atoms with E-state index >= 15 is 0 Å². The second kappa shape index (κ2) is 8.92. The zero-order chi connectivity index (χ0) is 14.8. The van der Waals surface area contributed by atoms with Crippen molar-refractivity contribution < 1.29 is 28.9 Å². The summed E-state index contributed by atoms with van der Waals surface area (Å²) in [7, 11) is 0. The van der Waals surface area contributed by atoms with E-state index in [-0.39, 0.29) is 19.6 Å². The fraction of sp³-hybridized carbons (Fsp3) is 0.429. The fourth-order valence-corrected chi connectivity index (χ4v) is 1.42. The van der Waals surface area contributed by atoms with E-state index < -0.39 is 11.9 Å². The first-order chi connectivity index (χ1) is 9.61. The van der Waals surface area contributed by atoms with Gasteiger partial charge in [0.25, 0.3) is 0 Å². The van der Waals surface area contributed by atoms with Crippen LogP contribution in [-0.4, -0.2) is 43.5 Å². The van der Waals surface area contributed by atoms with Crippen LogP contribution in [0.3, 0.4) is 0 Å². The Kier molecular flexibility index (Phi) is 7.13. The molecule has 1 aromatic rings. The predicted octanol–water partition coefficient (Wildman–Crippen LogP) is 1.27.